The summed E-state index contributed by atoms with van der Waals surface area (Å²) in [4.78, 5) is 0. The molecule has 3 heteroatoms. The predicted octanol–water partition coefficient (Wildman–Crippen LogP) is 2.14. The Morgan fingerprint density at radius 2 is 2.15 bits per heavy atom. The van der Waals surface area contributed by atoms with Gasteiger partial charge in [0.2, 0.25) is 0 Å². The summed E-state index contributed by atoms with van der Waals surface area (Å²) < 4.78 is 11.0. The summed E-state index contributed by atoms with van der Waals surface area (Å²) >= 11 is 4.33. The van der Waals surface area contributed by atoms with E-state index < -0.39 is 0 Å². The zero-order valence-electron chi connectivity index (χ0n) is 8.58. The average Bonchev–Trinajstić information content (AvgIpc) is 2.92. The van der Waals surface area contributed by atoms with Crippen molar-refractivity contribution >= 4 is 12.6 Å². The lowest BCUT2D eigenvalue weighted by Gasteiger charge is -2.17. The molecule has 1 fully saturated rings. The molecule has 0 spiro atoms. The molecule has 1 saturated carbocycles. The van der Waals surface area contributed by atoms with Gasteiger partial charge in [0.05, 0.1) is 19.3 Å². The first kappa shape index (κ1) is 11.3. The molecule has 0 bridgehead atoms. The molecule has 13 heavy (non-hydrogen) atoms. The Hall–Kier alpha value is 0.270. The van der Waals surface area contributed by atoms with Crippen LogP contribution >= 0.6 is 12.6 Å². The fraction of sp³-hybridized carbons (Fsp3) is 1.00. The summed E-state index contributed by atoms with van der Waals surface area (Å²) in [5.41, 5.74) is 0.406. The Bertz CT molecular complexity index is 146. The highest BCUT2D eigenvalue weighted by molar-refractivity contribution is 7.80. The molecule has 1 atom stereocenters. The summed E-state index contributed by atoms with van der Waals surface area (Å²) in [6, 6.07) is 0. The summed E-state index contributed by atoms with van der Waals surface area (Å²) in [6.07, 6.45) is 2.77. The molecule has 0 radical (unpaired) electrons. The molecule has 1 aliphatic carbocycles. The highest BCUT2D eigenvalue weighted by Crippen LogP contribution is 2.46. The van der Waals surface area contributed by atoms with Gasteiger partial charge in [-0.25, -0.2) is 0 Å². The van der Waals surface area contributed by atoms with Crippen LogP contribution in [0.1, 0.15) is 26.7 Å². The van der Waals surface area contributed by atoms with Crippen LogP contribution in [0, 0.1) is 5.41 Å². The molecule has 0 saturated heterocycles. The molecule has 1 rings (SSSR count). The Labute approximate surface area is 86.4 Å². The van der Waals surface area contributed by atoms with Crippen LogP contribution in [0.2, 0.25) is 0 Å². The molecule has 0 aromatic rings. The lowest BCUT2D eigenvalue weighted by Crippen LogP contribution is -2.21. The van der Waals surface area contributed by atoms with E-state index >= 15 is 0 Å². The van der Waals surface area contributed by atoms with Crippen LogP contribution in [0.15, 0.2) is 0 Å². The zero-order valence-corrected chi connectivity index (χ0v) is 9.48. The maximum absolute atomic E-state index is 5.69. The second-order valence-electron chi connectivity index (χ2n) is 3.94. The van der Waals surface area contributed by atoms with Crippen molar-refractivity contribution in [3.05, 3.63) is 0 Å². The van der Waals surface area contributed by atoms with E-state index in [9.17, 15) is 0 Å². The quantitative estimate of drug-likeness (QED) is 0.640. The van der Waals surface area contributed by atoms with Crippen molar-refractivity contribution in [2.45, 2.75) is 32.8 Å². The molecule has 0 aliphatic heterocycles. The van der Waals surface area contributed by atoms with E-state index in [0.717, 1.165) is 19.0 Å². The molecule has 1 unspecified atom stereocenters. The first-order valence-corrected chi connectivity index (χ1v) is 5.66. The van der Waals surface area contributed by atoms with Crippen LogP contribution in [0.25, 0.3) is 0 Å². The number of ether oxygens (including phenoxy) is 2. The molecule has 0 amide bonds. The third-order valence-corrected chi connectivity index (χ3v) is 3.19. The van der Waals surface area contributed by atoms with Gasteiger partial charge >= 0.3 is 0 Å². The SMILES string of the molecule is CCOCC(C)OCC1(CS)CC1. The minimum atomic E-state index is 0.220. The van der Waals surface area contributed by atoms with Crippen molar-refractivity contribution in [3.8, 4) is 0 Å². The molecular weight excluding hydrogens is 184 g/mol. The zero-order chi connectivity index (χ0) is 9.73. The monoisotopic (exact) mass is 204 g/mol. The standard InChI is InChI=1S/C10H20O2S/c1-3-11-6-9(2)12-7-10(8-13)4-5-10/h9,13H,3-8H2,1-2H3. The Morgan fingerprint density at radius 1 is 1.46 bits per heavy atom. The Kier molecular flexibility index (Phi) is 4.56. The maximum Gasteiger partial charge on any atom is 0.0780 e. The van der Waals surface area contributed by atoms with Gasteiger partial charge in [-0.05, 0) is 32.4 Å². The van der Waals surface area contributed by atoms with Gasteiger partial charge in [0.25, 0.3) is 0 Å². The molecule has 78 valence electrons. The lowest BCUT2D eigenvalue weighted by molar-refractivity contribution is -0.0181. The molecule has 0 aromatic heterocycles. The predicted molar refractivity (Wildman–Crippen MR) is 57.4 cm³/mol. The number of thiol groups is 1. The summed E-state index contributed by atoms with van der Waals surface area (Å²) in [7, 11) is 0. The van der Waals surface area contributed by atoms with Gasteiger partial charge in [-0.1, -0.05) is 0 Å². The van der Waals surface area contributed by atoms with Crippen molar-refractivity contribution < 1.29 is 9.47 Å². The largest absolute Gasteiger partial charge is 0.379 e. The number of rotatable bonds is 7. The molecule has 0 N–H and O–H groups in total. The topological polar surface area (TPSA) is 18.5 Å². The summed E-state index contributed by atoms with van der Waals surface area (Å²) in [5.74, 6) is 0.953. The van der Waals surface area contributed by atoms with Crippen molar-refractivity contribution in [2.75, 3.05) is 25.6 Å². The van der Waals surface area contributed by atoms with E-state index in [0.29, 0.717) is 12.0 Å². The van der Waals surface area contributed by atoms with Gasteiger partial charge in [0.15, 0.2) is 0 Å². The number of hydrogen-bond acceptors (Lipinski definition) is 3. The third kappa shape index (κ3) is 3.88. The first-order valence-electron chi connectivity index (χ1n) is 5.02. The minimum absolute atomic E-state index is 0.220. The third-order valence-electron chi connectivity index (χ3n) is 2.52. The van der Waals surface area contributed by atoms with Crippen LogP contribution in [-0.2, 0) is 9.47 Å². The molecular formula is C10H20O2S. The smallest absolute Gasteiger partial charge is 0.0780 e. The molecule has 2 nitrogen and oxygen atoms in total. The Morgan fingerprint density at radius 3 is 2.62 bits per heavy atom. The minimum Gasteiger partial charge on any atom is -0.379 e. The first-order chi connectivity index (χ1) is 6.22. The highest BCUT2D eigenvalue weighted by atomic mass is 32.1. The summed E-state index contributed by atoms with van der Waals surface area (Å²) in [5, 5.41) is 0. The van der Waals surface area contributed by atoms with Crippen molar-refractivity contribution in [3.63, 3.8) is 0 Å². The number of hydrogen-bond donors (Lipinski definition) is 1. The van der Waals surface area contributed by atoms with E-state index in [1.807, 2.05) is 6.92 Å². The van der Waals surface area contributed by atoms with E-state index in [2.05, 4.69) is 19.6 Å². The van der Waals surface area contributed by atoms with Crippen LogP contribution in [0.5, 0.6) is 0 Å². The normalized spacial score (nSPS) is 21.5. The molecule has 0 heterocycles. The van der Waals surface area contributed by atoms with E-state index in [1.54, 1.807) is 0 Å². The summed E-state index contributed by atoms with van der Waals surface area (Å²) in [6.45, 7) is 6.39. The van der Waals surface area contributed by atoms with Crippen LogP contribution < -0.4 is 0 Å². The van der Waals surface area contributed by atoms with Gasteiger partial charge in [-0.15, -0.1) is 0 Å². The van der Waals surface area contributed by atoms with E-state index in [-0.39, 0.29) is 6.10 Å². The fourth-order valence-electron chi connectivity index (χ4n) is 1.18. The van der Waals surface area contributed by atoms with Crippen LogP contribution in [0.3, 0.4) is 0 Å². The van der Waals surface area contributed by atoms with Gasteiger partial charge in [0.1, 0.15) is 0 Å². The van der Waals surface area contributed by atoms with E-state index in [1.165, 1.54) is 12.8 Å². The average molecular weight is 204 g/mol. The Balaban J connectivity index is 2.04. The van der Waals surface area contributed by atoms with Gasteiger partial charge in [-0.2, -0.15) is 12.6 Å². The molecule has 0 aromatic carbocycles. The fourth-order valence-corrected chi connectivity index (χ4v) is 1.58. The van der Waals surface area contributed by atoms with Gasteiger partial charge in [0, 0.05) is 12.0 Å². The molecule has 1 aliphatic rings. The second-order valence-corrected chi connectivity index (χ2v) is 4.26. The van der Waals surface area contributed by atoms with Crippen LogP contribution in [-0.4, -0.2) is 31.7 Å². The van der Waals surface area contributed by atoms with Gasteiger partial charge in [-0.3, -0.25) is 0 Å². The van der Waals surface area contributed by atoms with E-state index in [4.69, 9.17) is 9.47 Å². The van der Waals surface area contributed by atoms with Crippen molar-refractivity contribution in [1.29, 1.82) is 0 Å². The lowest BCUT2D eigenvalue weighted by atomic mass is 10.2. The second kappa shape index (κ2) is 5.23. The van der Waals surface area contributed by atoms with Gasteiger partial charge < -0.3 is 9.47 Å². The van der Waals surface area contributed by atoms with Crippen molar-refractivity contribution in [2.24, 2.45) is 5.41 Å². The highest BCUT2D eigenvalue weighted by Gasteiger charge is 2.41. The maximum atomic E-state index is 5.69. The van der Waals surface area contributed by atoms with Crippen LogP contribution in [0.4, 0.5) is 0 Å². The van der Waals surface area contributed by atoms with Crippen molar-refractivity contribution in [1.82, 2.24) is 0 Å².